The number of hydrogen-bond acceptors (Lipinski definition) is 3. The Labute approximate surface area is 124 Å². The van der Waals surface area contributed by atoms with Crippen molar-refractivity contribution in [1.82, 2.24) is 9.80 Å². The number of hydrogen-bond donors (Lipinski definition) is 0. The number of nitrogens with zero attached hydrogens (tertiary/aromatic N) is 2. The van der Waals surface area contributed by atoms with E-state index in [1.165, 1.54) is 0 Å². The molecule has 1 aliphatic rings. The summed E-state index contributed by atoms with van der Waals surface area (Å²) in [5.74, 6) is 0.0565. The highest BCUT2D eigenvalue weighted by atomic mass is 35.5. The van der Waals surface area contributed by atoms with E-state index in [4.69, 9.17) is 23.2 Å². The molecule has 0 spiro atoms. The summed E-state index contributed by atoms with van der Waals surface area (Å²) in [5, 5.41) is 0.983. The smallest absolute Gasteiger partial charge is 0.178 e. The van der Waals surface area contributed by atoms with Gasteiger partial charge in [-0.1, -0.05) is 23.2 Å². The Morgan fingerprint density at radius 3 is 2.74 bits per heavy atom. The summed E-state index contributed by atoms with van der Waals surface area (Å²) in [6.45, 7) is 2.31. The van der Waals surface area contributed by atoms with Crippen LogP contribution in [0, 0.1) is 0 Å². The molecule has 0 radical (unpaired) electrons. The number of ketones is 1. The maximum atomic E-state index is 12.2. The van der Waals surface area contributed by atoms with Crippen LogP contribution in [0.15, 0.2) is 18.2 Å². The van der Waals surface area contributed by atoms with Crippen LogP contribution >= 0.6 is 23.2 Å². The van der Waals surface area contributed by atoms with E-state index in [1.807, 2.05) is 0 Å². The van der Waals surface area contributed by atoms with Crippen LogP contribution in [0.2, 0.25) is 10.0 Å². The molecule has 1 aromatic rings. The van der Waals surface area contributed by atoms with E-state index in [0.717, 1.165) is 19.5 Å². The highest BCUT2D eigenvalue weighted by Gasteiger charge is 2.26. The quantitative estimate of drug-likeness (QED) is 0.799. The van der Waals surface area contributed by atoms with Crippen LogP contribution in [0.4, 0.5) is 0 Å². The van der Waals surface area contributed by atoms with Crippen molar-refractivity contribution < 1.29 is 4.79 Å². The number of halogens is 2. The van der Waals surface area contributed by atoms with Crippen molar-refractivity contribution in [3.05, 3.63) is 33.8 Å². The van der Waals surface area contributed by atoms with Crippen LogP contribution in [0.25, 0.3) is 0 Å². The van der Waals surface area contributed by atoms with Crippen LogP contribution in [-0.2, 0) is 0 Å². The SMILES string of the molecule is CN(C)C1CCN(CC(=O)c2ccc(Cl)cc2Cl)C1. The van der Waals surface area contributed by atoms with E-state index >= 15 is 0 Å². The topological polar surface area (TPSA) is 23.6 Å². The van der Waals surface area contributed by atoms with Gasteiger partial charge in [-0.15, -0.1) is 0 Å². The molecule has 104 valence electrons. The van der Waals surface area contributed by atoms with Crippen LogP contribution in [0.3, 0.4) is 0 Å². The van der Waals surface area contributed by atoms with Gasteiger partial charge in [0, 0.05) is 29.7 Å². The largest absolute Gasteiger partial charge is 0.305 e. The molecular formula is C14H18Cl2N2O. The fourth-order valence-electron chi connectivity index (χ4n) is 2.38. The molecule has 1 heterocycles. The summed E-state index contributed by atoms with van der Waals surface area (Å²) < 4.78 is 0. The third kappa shape index (κ3) is 3.69. The Morgan fingerprint density at radius 2 is 2.16 bits per heavy atom. The lowest BCUT2D eigenvalue weighted by atomic mass is 10.1. The van der Waals surface area contributed by atoms with Crippen LogP contribution < -0.4 is 0 Å². The first-order chi connectivity index (χ1) is 8.97. The zero-order chi connectivity index (χ0) is 14.0. The molecule has 0 N–H and O–H groups in total. The third-order valence-electron chi connectivity index (χ3n) is 3.58. The van der Waals surface area contributed by atoms with E-state index in [1.54, 1.807) is 18.2 Å². The Hall–Kier alpha value is -0.610. The zero-order valence-corrected chi connectivity index (χ0v) is 12.7. The number of carbonyl (C=O) groups excluding carboxylic acids is 1. The van der Waals surface area contributed by atoms with E-state index < -0.39 is 0 Å². The molecule has 5 heteroatoms. The van der Waals surface area contributed by atoms with Crippen molar-refractivity contribution in [2.24, 2.45) is 0 Å². The Balaban J connectivity index is 1.98. The number of likely N-dealkylation sites (tertiary alicyclic amines) is 1. The Kier molecular flexibility index (Phi) is 4.85. The molecule has 1 saturated heterocycles. The zero-order valence-electron chi connectivity index (χ0n) is 11.2. The lowest BCUT2D eigenvalue weighted by Gasteiger charge is -2.20. The fraction of sp³-hybridized carbons (Fsp3) is 0.500. The first-order valence-electron chi connectivity index (χ1n) is 6.34. The van der Waals surface area contributed by atoms with Gasteiger partial charge in [-0.05, 0) is 38.7 Å². The number of carbonyl (C=O) groups is 1. The Bertz CT molecular complexity index is 477. The molecule has 1 unspecified atom stereocenters. The van der Waals surface area contributed by atoms with Crippen molar-refractivity contribution in [2.75, 3.05) is 33.7 Å². The van der Waals surface area contributed by atoms with Crippen molar-refractivity contribution in [3.8, 4) is 0 Å². The second-order valence-electron chi connectivity index (χ2n) is 5.19. The van der Waals surface area contributed by atoms with Gasteiger partial charge in [0.15, 0.2) is 5.78 Å². The summed E-state index contributed by atoms with van der Waals surface area (Å²) in [6, 6.07) is 5.55. The van der Waals surface area contributed by atoms with E-state index in [0.29, 0.717) is 28.2 Å². The monoisotopic (exact) mass is 300 g/mol. The highest BCUT2D eigenvalue weighted by Crippen LogP contribution is 2.22. The Morgan fingerprint density at radius 1 is 1.42 bits per heavy atom. The van der Waals surface area contributed by atoms with Gasteiger partial charge in [-0.2, -0.15) is 0 Å². The van der Waals surface area contributed by atoms with Gasteiger partial charge >= 0.3 is 0 Å². The molecule has 0 saturated carbocycles. The number of benzene rings is 1. The molecule has 0 amide bonds. The minimum atomic E-state index is 0.0565. The van der Waals surface area contributed by atoms with E-state index in [2.05, 4.69) is 23.9 Å². The van der Waals surface area contributed by atoms with Gasteiger partial charge < -0.3 is 4.90 Å². The van der Waals surface area contributed by atoms with Crippen molar-refractivity contribution in [3.63, 3.8) is 0 Å². The van der Waals surface area contributed by atoms with Crippen LogP contribution in [0.1, 0.15) is 16.8 Å². The van der Waals surface area contributed by atoms with E-state index in [9.17, 15) is 4.79 Å². The molecule has 0 bridgehead atoms. The summed E-state index contributed by atoms with van der Waals surface area (Å²) >= 11 is 11.9. The first kappa shape index (κ1) is 14.8. The normalized spacial score (nSPS) is 20.2. The second kappa shape index (κ2) is 6.23. The maximum Gasteiger partial charge on any atom is 0.178 e. The van der Waals surface area contributed by atoms with Gasteiger partial charge in [-0.3, -0.25) is 9.69 Å². The predicted octanol–water partition coefficient (Wildman–Crippen LogP) is 2.81. The van der Waals surface area contributed by atoms with Gasteiger partial charge in [0.2, 0.25) is 0 Å². The molecule has 0 aliphatic carbocycles. The maximum absolute atomic E-state index is 12.2. The van der Waals surface area contributed by atoms with Gasteiger partial charge in [-0.25, -0.2) is 0 Å². The summed E-state index contributed by atoms with van der Waals surface area (Å²) in [5.41, 5.74) is 0.555. The molecule has 2 rings (SSSR count). The number of rotatable bonds is 4. The molecule has 0 aromatic heterocycles. The molecule has 1 aromatic carbocycles. The average molecular weight is 301 g/mol. The van der Waals surface area contributed by atoms with Crippen molar-refractivity contribution in [1.29, 1.82) is 0 Å². The lowest BCUT2D eigenvalue weighted by molar-refractivity contribution is 0.0941. The number of Topliss-reactive ketones (excluding diaryl/α,β-unsaturated/α-hetero) is 1. The molecular weight excluding hydrogens is 283 g/mol. The minimum Gasteiger partial charge on any atom is -0.305 e. The molecule has 1 atom stereocenters. The van der Waals surface area contributed by atoms with Gasteiger partial charge in [0.05, 0.1) is 11.6 Å². The molecule has 19 heavy (non-hydrogen) atoms. The standard InChI is InChI=1S/C14H18Cl2N2O/c1-17(2)11-5-6-18(8-11)9-14(19)12-4-3-10(15)7-13(12)16/h3-4,7,11H,5-6,8-9H2,1-2H3. The summed E-state index contributed by atoms with van der Waals surface area (Å²) in [4.78, 5) is 16.6. The minimum absolute atomic E-state index is 0.0565. The molecule has 1 aliphatic heterocycles. The van der Waals surface area contributed by atoms with Crippen LogP contribution in [0.5, 0.6) is 0 Å². The summed E-state index contributed by atoms with van der Waals surface area (Å²) in [6.07, 6.45) is 1.11. The van der Waals surface area contributed by atoms with Gasteiger partial charge in [0.25, 0.3) is 0 Å². The predicted molar refractivity (Wildman–Crippen MR) is 79.3 cm³/mol. The molecule has 1 fully saturated rings. The molecule has 3 nitrogen and oxygen atoms in total. The van der Waals surface area contributed by atoms with Crippen LogP contribution in [-0.4, -0.2) is 55.4 Å². The van der Waals surface area contributed by atoms with Crippen molar-refractivity contribution in [2.45, 2.75) is 12.5 Å². The first-order valence-corrected chi connectivity index (χ1v) is 7.10. The highest BCUT2D eigenvalue weighted by molar-refractivity contribution is 6.36. The second-order valence-corrected chi connectivity index (χ2v) is 6.03. The lowest BCUT2D eigenvalue weighted by Crippen LogP contribution is -2.33. The number of likely N-dealkylation sites (N-methyl/N-ethyl adjacent to an activating group) is 1. The van der Waals surface area contributed by atoms with E-state index in [-0.39, 0.29) is 5.78 Å². The van der Waals surface area contributed by atoms with Gasteiger partial charge in [0.1, 0.15) is 0 Å². The fourth-order valence-corrected chi connectivity index (χ4v) is 2.90. The third-order valence-corrected chi connectivity index (χ3v) is 4.12. The average Bonchev–Trinajstić information content (AvgIpc) is 2.77. The summed E-state index contributed by atoms with van der Waals surface area (Å²) in [7, 11) is 4.15. The van der Waals surface area contributed by atoms with Crippen molar-refractivity contribution >= 4 is 29.0 Å².